The van der Waals surface area contributed by atoms with E-state index in [1.807, 2.05) is 0 Å². The maximum absolute atomic E-state index is 6.25. The molecule has 0 saturated heterocycles. The van der Waals surface area contributed by atoms with Crippen LogP contribution < -0.4 is 5.73 Å². The highest BCUT2D eigenvalue weighted by Crippen LogP contribution is 2.40. The Morgan fingerprint density at radius 2 is 1.72 bits per heavy atom. The molecule has 2 aromatic carbocycles. The fourth-order valence-electron chi connectivity index (χ4n) is 3.18. The number of halogens is 1. The van der Waals surface area contributed by atoms with Crippen LogP contribution in [0.5, 0.6) is 0 Å². The first-order valence-corrected chi connectivity index (χ1v) is 7.52. The van der Waals surface area contributed by atoms with Gasteiger partial charge in [0.15, 0.2) is 0 Å². The molecular formula is C16H18BrN. The number of anilines is 1. The Kier molecular flexibility index (Phi) is 3.29. The Morgan fingerprint density at radius 1 is 1.00 bits per heavy atom. The van der Waals surface area contributed by atoms with E-state index in [0.29, 0.717) is 5.92 Å². The number of hydrogen-bond donors (Lipinski definition) is 1. The average Bonchev–Trinajstić information content (AvgIpc) is 2.39. The Labute approximate surface area is 117 Å². The minimum atomic E-state index is 0.650. The SMILES string of the molecule is Nc1ccc2ccc(Br)cc2c1C1CCCCC1. The zero-order chi connectivity index (χ0) is 12.5. The summed E-state index contributed by atoms with van der Waals surface area (Å²) >= 11 is 3.57. The molecule has 0 atom stereocenters. The Morgan fingerprint density at radius 3 is 2.50 bits per heavy atom. The lowest BCUT2D eigenvalue weighted by atomic mass is 9.81. The molecule has 2 aromatic rings. The van der Waals surface area contributed by atoms with Crippen molar-refractivity contribution in [3.63, 3.8) is 0 Å². The highest BCUT2D eigenvalue weighted by molar-refractivity contribution is 9.10. The van der Waals surface area contributed by atoms with E-state index in [-0.39, 0.29) is 0 Å². The molecule has 1 saturated carbocycles. The van der Waals surface area contributed by atoms with Gasteiger partial charge in [0.25, 0.3) is 0 Å². The Hall–Kier alpha value is -1.02. The number of rotatable bonds is 1. The molecule has 3 rings (SSSR count). The average molecular weight is 304 g/mol. The maximum Gasteiger partial charge on any atom is 0.0355 e. The van der Waals surface area contributed by atoms with Crippen molar-refractivity contribution >= 4 is 32.4 Å². The maximum atomic E-state index is 6.25. The zero-order valence-corrected chi connectivity index (χ0v) is 12.0. The second-order valence-corrected chi connectivity index (χ2v) is 6.18. The van der Waals surface area contributed by atoms with Crippen molar-refractivity contribution in [1.82, 2.24) is 0 Å². The first kappa shape index (κ1) is 12.0. The Balaban J connectivity index is 2.18. The van der Waals surface area contributed by atoms with Gasteiger partial charge in [-0.2, -0.15) is 0 Å². The number of nitrogens with two attached hydrogens (primary N) is 1. The molecular weight excluding hydrogens is 286 g/mol. The summed E-state index contributed by atoms with van der Waals surface area (Å²) in [4.78, 5) is 0. The van der Waals surface area contributed by atoms with Crippen LogP contribution >= 0.6 is 15.9 Å². The third kappa shape index (κ3) is 2.14. The van der Waals surface area contributed by atoms with E-state index in [0.717, 1.165) is 10.2 Å². The molecule has 1 fully saturated rings. The molecule has 94 valence electrons. The van der Waals surface area contributed by atoms with Gasteiger partial charge in [0.1, 0.15) is 0 Å². The van der Waals surface area contributed by atoms with Gasteiger partial charge in [-0.3, -0.25) is 0 Å². The van der Waals surface area contributed by atoms with Crippen LogP contribution in [0.25, 0.3) is 10.8 Å². The summed E-state index contributed by atoms with van der Waals surface area (Å²) in [5.41, 5.74) is 8.60. The van der Waals surface area contributed by atoms with E-state index in [2.05, 4.69) is 46.3 Å². The topological polar surface area (TPSA) is 26.0 Å². The molecule has 1 aliphatic carbocycles. The lowest BCUT2D eigenvalue weighted by molar-refractivity contribution is 0.446. The molecule has 0 aliphatic heterocycles. The quantitative estimate of drug-likeness (QED) is 0.717. The lowest BCUT2D eigenvalue weighted by Gasteiger charge is -2.25. The van der Waals surface area contributed by atoms with Gasteiger partial charge in [0, 0.05) is 10.2 Å². The Bertz CT molecular complexity index is 565. The number of benzene rings is 2. The fraction of sp³-hybridized carbons (Fsp3) is 0.375. The monoisotopic (exact) mass is 303 g/mol. The predicted molar refractivity (Wildman–Crippen MR) is 81.9 cm³/mol. The summed E-state index contributed by atoms with van der Waals surface area (Å²) in [5.74, 6) is 0.650. The first-order valence-electron chi connectivity index (χ1n) is 6.73. The smallest absolute Gasteiger partial charge is 0.0355 e. The van der Waals surface area contributed by atoms with Crippen LogP contribution in [0.2, 0.25) is 0 Å². The largest absolute Gasteiger partial charge is 0.398 e. The van der Waals surface area contributed by atoms with Crippen LogP contribution in [-0.4, -0.2) is 0 Å². The molecule has 18 heavy (non-hydrogen) atoms. The van der Waals surface area contributed by atoms with Crippen LogP contribution in [0.4, 0.5) is 5.69 Å². The highest BCUT2D eigenvalue weighted by atomic mass is 79.9. The van der Waals surface area contributed by atoms with Crippen LogP contribution in [0.1, 0.15) is 43.6 Å². The third-order valence-electron chi connectivity index (χ3n) is 4.07. The zero-order valence-electron chi connectivity index (χ0n) is 10.5. The normalized spacial score (nSPS) is 17.2. The molecule has 0 unspecified atom stereocenters. The minimum Gasteiger partial charge on any atom is -0.398 e. The second-order valence-electron chi connectivity index (χ2n) is 5.27. The minimum absolute atomic E-state index is 0.650. The van der Waals surface area contributed by atoms with Gasteiger partial charge in [0.05, 0.1) is 0 Å². The van der Waals surface area contributed by atoms with Crippen molar-refractivity contribution in [3.8, 4) is 0 Å². The number of nitrogen functional groups attached to an aromatic ring is 1. The van der Waals surface area contributed by atoms with Crippen molar-refractivity contribution in [2.24, 2.45) is 0 Å². The molecule has 0 bridgehead atoms. The van der Waals surface area contributed by atoms with Gasteiger partial charge in [-0.05, 0) is 53.3 Å². The standard InChI is InChI=1S/C16H18BrN/c17-13-8-6-11-7-9-15(18)16(14(11)10-13)12-4-2-1-3-5-12/h6-10,12H,1-5,18H2. The molecule has 1 nitrogen and oxygen atoms in total. The highest BCUT2D eigenvalue weighted by Gasteiger charge is 2.20. The van der Waals surface area contributed by atoms with Crippen molar-refractivity contribution in [1.29, 1.82) is 0 Å². The van der Waals surface area contributed by atoms with E-state index in [1.165, 1.54) is 48.4 Å². The van der Waals surface area contributed by atoms with Crippen molar-refractivity contribution < 1.29 is 0 Å². The predicted octanol–water partition coefficient (Wildman–Crippen LogP) is 5.23. The van der Waals surface area contributed by atoms with Gasteiger partial charge < -0.3 is 5.73 Å². The molecule has 0 heterocycles. The van der Waals surface area contributed by atoms with Gasteiger partial charge in [-0.15, -0.1) is 0 Å². The van der Waals surface area contributed by atoms with E-state index < -0.39 is 0 Å². The molecule has 0 spiro atoms. The molecule has 0 radical (unpaired) electrons. The van der Waals surface area contributed by atoms with E-state index in [4.69, 9.17) is 5.73 Å². The van der Waals surface area contributed by atoms with E-state index in [9.17, 15) is 0 Å². The van der Waals surface area contributed by atoms with Crippen molar-refractivity contribution in [2.75, 3.05) is 5.73 Å². The molecule has 1 aliphatic rings. The number of hydrogen-bond acceptors (Lipinski definition) is 1. The molecule has 2 heteroatoms. The summed E-state index contributed by atoms with van der Waals surface area (Å²) in [6, 6.07) is 10.7. The molecule has 0 aromatic heterocycles. The fourth-order valence-corrected chi connectivity index (χ4v) is 3.54. The molecule has 2 N–H and O–H groups in total. The number of fused-ring (bicyclic) bond motifs is 1. The van der Waals surface area contributed by atoms with Crippen molar-refractivity contribution in [2.45, 2.75) is 38.0 Å². The second kappa shape index (κ2) is 4.93. The lowest BCUT2D eigenvalue weighted by Crippen LogP contribution is -2.08. The van der Waals surface area contributed by atoms with Crippen LogP contribution in [0.3, 0.4) is 0 Å². The first-order chi connectivity index (χ1) is 8.75. The van der Waals surface area contributed by atoms with Gasteiger partial charge >= 0.3 is 0 Å². The van der Waals surface area contributed by atoms with Gasteiger partial charge in [0.2, 0.25) is 0 Å². The van der Waals surface area contributed by atoms with E-state index >= 15 is 0 Å². The van der Waals surface area contributed by atoms with Crippen LogP contribution in [-0.2, 0) is 0 Å². The van der Waals surface area contributed by atoms with Crippen LogP contribution in [0.15, 0.2) is 34.8 Å². The summed E-state index contributed by atoms with van der Waals surface area (Å²) < 4.78 is 1.14. The summed E-state index contributed by atoms with van der Waals surface area (Å²) in [7, 11) is 0. The van der Waals surface area contributed by atoms with Gasteiger partial charge in [-0.25, -0.2) is 0 Å². The van der Waals surface area contributed by atoms with Crippen LogP contribution in [0, 0.1) is 0 Å². The van der Waals surface area contributed by atoms with Gasteiger partial charge in [-0.1, -0.05) is 47.3 Å². The summed E-state index contributed by atoms with van der Waals surface area (Å²) in [5, 5.41) is 2.63. The van der Waals surface area contributed by atoms with E-state index in [1.54, 1.807) is 0 Å². The van der Waals surface area contributed by atoms with Crippen molar-refractivity contribution in [3.05, 3.63) is 40.4 Å². The molecule has 0 amide bonds. The summed E-state index contributed by atoms with van der Waals surface area (Å²) in [6.07, 6.45) is 6.64. The summed E-state index contributed by atoms with van der Waals surface area (Å²) in [6.45, 7) is 0. The third-order valence-corrected chi connectivity index (χ3v) is 4.57.